The third-order valence-electron chi connectivity index (χ3n) is 7.29. The first kappa shape index (κ1) is 25.7. The van der Waals surface area contributed by atoms with Gasteiger partial charge < -0.3 is 14.8 Å². The number of aromatic nitrogens is 3. The largest absolute Gasteiger partial charge is 0.497 e. The van der Waals surface area contributed by atoms with Gasteiger partial charge in [0.05, 0.1) is 19.9 Å². The fourth-order valence-corrected chi connectivity index (χ4v) is 5.18. The predicted octanol–water partition coefficient (Wildman–Crippen LogP) is 5.20. The summed E-state index contributed by atoms with van der Waals surface area (Å²) in [6.45, 7) is 7.33. The van der Waals surface area contributed by atoms with Crippen molar-refractivity contribution in [2.75, 3.05) is 32.6 Å². The molecule has 0 spiro atoms. The van der Waals surface area contributed by atoms with E-state index in [0.29, 0.717) is 18.6 Å². The molecule has 38 heavy (non-hydrogen) atoms. The third-order valence-corrected chi connectivity index (χ3v) is 7.29. The van der Waals surface area contributed by atoms with Crippen molar-refractivity contribution in [3.8, 4) is 22.8 Å². The number of nitrogens with zero attached hydrogens (tertiary/aromatic N) is 4. The molecule has 5 rings (SSSR count). The van der Waals surface area contributed by atoms with Gasteiger partial charge in [-0.3, -0.25) is 9.69 Å². The quantitative estimate of drug-likeness (QED) is 0.331. The van der Waals surface area contributed by atoms with Crippen LogP contribution in [0.1, 0.15) is 41.8 Å². The van der Waals surface area contributed by atoms with Gasteiger partial charge in [-0.2, -0.15) is 5.10 Å². The first-order chi connectivity index (χ1) is 18.4. The number of nitrogens with one attached hydrogen (secondary N) is 1. The molecule has 2 aromatic carbocycles. The molecule has 8 nitrogen and oxygen atoms in total. The van der Waals surface area contributed by atoms with Crippen molar-refractivity contribution in [1.82, 2.24) is 19.5 Å². The smallest absolute Gasteiger partial charge is 0.224 e. The maximum Gasteiger partial charge on any atom is 0.224 e. The standard InChI is InChI=1S/C30H35N5O3/c1-20-25(13-14-30(36)32-23-9-7-22(8-10-23)19-34-15-5-6-16-34)21(2)35-29(31-20)18-27(33-35)26-12-11-24(37-3)17-28(26)38-4/h7-12,17-18H,5-6,13-16,19H2,1-4H3,(H,32,36). The summed E-state index contributed by atoms with van der Waals surface area (Å²) in [6, 6.07) is 15.8. The molecule has 0 bridgehead atoms. The number of hydrogen-bond acceptors (Lipinski definition) is 6. The lowest BCUT2D eigenvalue weighted by molar-refractivity contribution is -0.116. The average molecular weight is 514 g/mol. The molecule has 0 unspecified atom stereocenters. The van der Waals surface area contributed by atoms with Gasteiger partial charge >= 0.3 is 0 Å². The molecule has 0 aliphatic carbocycles. The zero-order valence-corrected chi connectivity index (χ0v) is 22.6. The molecule has 1 amide bonds. The van der Waals surface area contributed by atoms with Crippen molar-refractivity contribution in [1.29, 1.82) is 0 Å². The fraction of sp³-hybridized carbons (Fsp3) is 0.367. The molecule has 1 fully saturated rings. The Bertz CT molecular complexity index is 1440. The van der Waals surface area contributed by atoms with Crippen LogP contribution in [0.2, 0.25) is 0 Å². The molecule has 4 aromatic rings. The summed E-state index contributed by atoms with van der Waals surface area (Å²) in [7, 11) is 3.26. The van der Waals surface area contributed by atoms with Crippen molar-refractivity contribution >= 4 is 17.2 Å². The van der Waals surface area contributed by atoms with Gasteiger partial charge in [-0.25, -0.2) is 9.50 Å². The van der Waals surface area contributed by atoms with Gasteiger partial charge in [-0.05, 0) is 81.6 Å². The van der Waals surface area contributed by atoms with Crippen molar-refractivity contribution in [2.45, 2.75) is 46.1 Å². The second-order valence-corrected chi connectivity index (χ2v) is 9.86. The maximum absolute atomic E-state index is 12.8. The topological polar surface area (TPSA) is 81.0 Å². The van der Waals surface area contributed by atoms with Crippen LogP contribution in [-0.2, 0) is 17.8 Å². The molecule has 2 aromatic heterocycles. The summed E-state index contributed by atoms with van der Waals surface area (Å²) < 4.78 is 12.7. The number of carbonyl (C=O) groups excluding carboxylic acids is 1. The summed E-state index contributed by atoms with van der Waals surface area (Å²) in [6.07, 6.45) is 3.52. The summed E-state index contributed by atoms with van der Waals surface area (Å²) >= 11 is 0. The summed E-state index contributed by atoms with van der Waals surface area (Å²) in [5.41, 5.74) is 7.41. The Morgan fingerprint density at radius 2 is 1.76 bits per heavy atom. The molecule has 8 heteroatoms. The van der Waals surface area contributed by atoms with Crippen LogP contribution in [0.5, 0.6) is 11.5 Å². The maximum atomic E-state index is 12.8. The number of ether oxygens (including phenoxy) is 2. The van der Waals surface area contributed by atoms with Crippen LogP contribution in [0.3, 0.4) is 0 Å². The van der Waals surface area contributed by atoms with Crippen molar-refractivity contribution < 1.29 is 14.3 Å². The fourth-order valence-electron chi connectivity index (χ4n) is 5.18. The van der Waals surface area contributed by atoms with E-state index in [0.717, 1.165) is 51.8 Å². The first-order valence-electron chi connectivity index (χ1n) is 13.1. The Morgan fingerprint density at radius 3 is 2.47 bits per heavy atom. The van der Waals surface area contributed by atoms with Crippen molar-refractivity contribution in [2.24, 2.45) is 0 Å². The van der Waals surface area contributed by atoms with Gasteiger partial charge in [0.25, 0.3) is 0 Å². The summed E-state index contributed by atoms with van der Waals surface area (Å²) in [5.74, 6) is 1.39. The van der Waals surface area contributed by atoms with Crippen LogP contribution in [0, 0.1) is 13.8 Å². The number of amides is 1. The molecule has 0 radical (unpaired) electrons. The average Bonchev–Trinajstić information content (AvgIpc) is 3.59. The number of benzene rings is 2. The lowest BCUT2D eigenvalue weighted by Gasteiger charge is -2.15. The molecule has 198 valence electrons. The predicted molar refractivity (Wildman–Crippen MR) is 149 cm³/mol. The molecule has 1 N–H and O–H groups in total. The second kappa shape index (κ2) is 11.2. The normalized spacial score (nSPS) is 13.7. The molecular weight excluding hydrogens is 478 g/mol. The van der Waals surface area contributed by atoms with E-state index in [-0.39, 0.29) is 5.91 Å². The number of anilines is 1. The van der Waals surface area contributed by atoms with Gasteiger partial charge in [-0.1, -0.05) is 12.1 Å². The minimum absolute atomic E-state index is 0.0136. The lowest BCUT2D eigenvalue weighted by Crippen LogP contribution is -2.18. The summed E-state index contributed by atoms with van der Waals surface area (Å²) in [4.78, 5) is 20.0. The lowest BCUT2D eigenvalue weighted by atomic mass is 10.1. The molecule has 1 aliphatic heterocycles. The Kier molecular flexibility index (Phi) is 7.60. The number of carbonyl (C=O) groups is 1. The van der Waals surface area contributed by atoms with E-state index in [1.807, 2.05) is 54.8 Å². The highest BCUT2D eigenvalue weighted by molar-refractivity contribution is 5.90. The SMILES string of the molecule is COc1ccc(-c2cc3nc(C)c(CCC(=O)Nc4ccc(CN5CCCC5)cc4)c(C)n3n2)c(OC)c1. The van der Waals surface area contributed by atoms with Crippen molar-refractivity contribution in [3.05, 3.63) is 71.0 Å². The van der Waals surface area contributed by atoms with Crippen molar-refractivity contribution in [3.63, 3.8) is 0 Å². The van der Waals surface area contributed by atoms with Crippen LogP contribution < -0.4 is 14.8 Å². The monoisotopic (exact) mass is 513 g/mol. The van der Waals surface area contributed by atoms with Gasteiger partial charge in [0.15, 0.2) is 5.65 Å². The van der Waals surface area contributed by atoms with E-state index in [1.54, 1.807) is 14.2 Å². The van der Waals surface area contributed by atoms with E-state index < -0.39 is 0 Å². The highest BCUT2D eigenvalue weighted by atomic mass is 16.5. The Morgan fingerprint density at radius 1 is 1.00 bits per heavy atom. The van der Waals surface area contributed by atoms with Gasteiger partial charge in [0.2, 0.25) is 5.91 Å². The van der Waals surface area contributed by atoms with Gasteiger partial charge in [0, 0.05) is 47.7 Å². The van der Waals surface area contributed by atoms with E-state index >= 15 is 0 Å². The highest BCUT2D eigenvalue weighted by Crippen LogP contribution is 2.33. The highest BCUT2D eigenvalue weighted by Gasteiger charge is 2.17. The van der Waals surface area contributed by atoms with E-state index in [9.17, 15) is 4.79 Å². The molecule has 0 atom stereocenters. The minimum Gasteiger partial charge on any atom is -0.497 e. The zero-order valence-electron chi connectivity index (χ0n) is 22.6. The zero-order chi connectivity index (χ0) is 26.6. The number of hydrogen-bond donors (Lipinski definition) is 1. The number of aryl methyl sites for hydroxylation is 2. The first-order valence-corrected chi connectivity index (χ1v) is 13.1. The Labute approximate surface area is 223 Å². The minimum atomic E-state index is -0.0136. The van der Waals surface area contributed by atoms with Gasteiger partial charge in [-0.15, -0.1) is 0 Å². The van der Waals surface area contributed by atoms with Crippen LogP contribution in [0.25, 0.3) is 16.9 Å². The van der Waals surface area contributed by atoms with Crippen LogP contribution in [0.4, 0.5) is 5.69 Å². The molecule has 3 heterocycles. The number of methoxy groups -OCH3 is 2. The second-order valence-electron chi connectivity index (χ2n) is 9.86. The molecular formula is C30H35N5O3. The number of rotatable bonds is 9. The van der Waals surface area contributed by atoms with E-state index in [2.05, 4.69) is 22.3 Å². The van der Waals surface area contributed by atoms with Crippen LogP contribution in [-0.4, -0.2) is 52.7 Å². The Hall–Kier alpha value is -3.91. The molecule has 1 saturated heterocycles. The number of likely N-dealkylation sites (tertiary alicyclic amines) is 1. The van der Waals surface area contributed by atoms with E-state index in [4.69, 9.17) is 19.6 Å². The van der Waals surface area contributed by atoms with E-state index in [1.165, 1.54) is 31.5 Å². The van der Waals surface area contributed by atoms with Crippen LogP contribution in [0.15, 0.2) is 48.5 Å². The molecule has 1 aliphatic rings. The van der Waals surface area contributed by atoms with Gasteiger partial charge in [0.1, 0.15) is 11.5 Å². The Balaban J connectivity index is 1.27. The van der Waals surface area contributed by atoms with Crippen LogP contribution >= 0.6 is 0 Å². The summed E-state index contributed by atoms with van der Waals surface area (Å²) in [5, 5.41) is 7.85. The number of fused-ring (bicyclic) bond motifs is 1. The molecule has 0 saturated carbocycles. The third kappa shape index (κ3) is 5.50.